The molecule has 0 aliphatic heterocycles. The second-order valence-corrected chi connectivity index (χ2v) is 7.67. The smallest absolute Gasteiger partial charge is 0.0960 e. The quantitative estimate of drug-likeness (QED) is 0.695. The van der Waals surface area contributed by atoms with Crippen LogP contribution in [0.2, 0.25) is 0 Å². The number of benzene rings is 1. The maximum absolute atomic E-state index is 6.05. The van der Waals surface area contributed by atoms with Crippen LogP contribution in [-0.4, -0.2) is 17.6 Å². The van der Waals surface area contributed by atoms with Crippen molar-refractivity contribution in [3.8, 4) is 0 Å². The van der Waals surface area contributed by atoms with Gasteiger partial charge in [0.15, 0.2) is 0 Å². The molecule has 0 atom stereocenters. The van der Waals surface area contributed by atoms with Crippen LogP contribution in [0.5, 0.6) is 0 Å². The second-order valence-electron chi connectivity index (χ2n) is 7.67. The third-order valence-electron chi connectivity index (χ3n) is 4.51. The van der Waals surface area contributed by atoms with Gasteiger partial charge in [0, 0.05) is 17.6 Å². The van der Waals surface area contributed by atoms with Crippen molar-refractivity contribution in [3.63, 3.8) is 0 Å². The molecule has 3 heteroatoms. The van der Waals surface area contributed by atoms with Crippen LogP contribution in [0.3, 0.4) is 0 Å². The van der Waals surface area contributed by atoms with Gasteiger partial charge in [-0.2, -0.15) is 0 Å². The van der Waals surface area contributed by atoms with Crippen molar-refractivity contribution in [2.75, 3.05) is 6.54 Å². The molecule has 23 heavy (non-hydrogen) atoms. The molecule has 0 saturated heterocycles. The minimum atomic E-state index is 0.0813. The first-order valence-corrected chi connectivity index (χ1v) is 8.54. The van der Waals surface area contributed by atoms with E-state index < -0.39 is 0 Å². The van der Waals surface area contributed by atoms with Crippen LogP contribution in [0.1, 0.15) is 58.6 Å². The van der Waals surface area contributed by atoms with Crippen molar-refractivity contribution in [1.82, 2.24) is 10.6 Å². The van der Waals surface area contributed by atoms with Gasteiger partial charge >= 0.3 is 0 Å². The van der Waals surface area contributed by atoms with Crippen LogP contribution < -0.4 is 16.4 Å². The van der Waals surface area contributed by atoms with Gasteiger partial charge < -0.3 is 16.4 Å². The summed E-state index contributed by atoms with van der Waals surface area (Å²) in [6, 6.07) is 8.42. The van der Waals surface area contributed by atoms with E-state index >= 15 is 0 Å². The number of nitrogens with two attached hydrogens (primary N) is 1. The highest BCUT2D eigenvalue weighted by atomic mass is 15.0. The number of hydrogen-bond acceptors (Lipinski definition) is 3. The fraction of sp³-hybridized carbons (Fsp3) is 0.500. The zero-order valence-corrected chi connectivity index (χ0v) is 15.2. The van der Waals surface area contributed by atoms with E-state index in [1.54, 1.807) is 0 Å². The number of hydrogen-bond donors (Lipinski definition) is 3. The predicted molar refractivity (Wildman–Crippen MR) is 100.0 cm³/mol. The summed E-state index contributed by atoms with van der Waals surface area (Å²) in [6.45, 7) is 12.1. The maximum atomic E-state index is 6.05. The largest absolute Gasteiger partial charge is 0.386 e. The highest BCUT2D eigenvalue weighted by Crippen LogP contribution is 2.41. The summed E-state index contributed by atoms with van der Waals surface area (Å²) in [6.07, 6.45) is 6.18. The Hall–Kier alpha value is -1.74. The first-order chi connectivity index (χ1) is 10.7. The molecule has 1 aromatic carbocycles. The zero-order valence-electron chi connectivity index (χ0n) is 15.2. The molecule has 0 unspecified atom stereocenters. The summed E-state index contributed by atoms with van der Waals surface area (Å²) < 4.78 is 0. The lowest BCUT2D eigenvalue weighted by atomic mass is 9.93. The summed E-state index contributed by atoms with van der Waals surface area (Å²) in [5, 5.41) is 7.02. The highest BCUT2D eigenvalue weighted by Gasteiger charge is 2.25. The Morgan fingerprint density at radius 3 is 2.26 bits per heavy atom. The highest BCUT2D eigenvalue weighted by molar-refractivity contribution is 6.00. The number of allylic oxidation sites excluding steroid dienone is 2. The molecule has 1 aliphatic carbocycles. The van der Waals surface area contributed by atoms with Gasteiger partial charge in [-0.1, -0.05) is 37.3 Å². The molecule has 2 rings (SSSR count). The molecule has 0 heterocycles. The lowest BCUT2D eigenvalue weighted by molar-refractivity contribution is 0.245. The summed E-state index contributed by atoms with van der Waals surface area (Å²) in [5.41, 5.74) is 10.3. The maximum Gasteiger partial charge on any atom is 0.0960 e. The van der Waals surface area contributed by atoms with Crippen molar-refractivity contribution >= 4 is 5.57 Å². The van der Waals surface area contributed by atoms with Gasteiger partial charge in [0.25, 0.3) is 0 Å². The Bertz CT molecular complexity index is 584. The third kappa shape index (κ3) is 5.14. The molecule has 1 aliphatic rings. The number of rotatable bonds is 8. The van der Waals surface area contributed by atoms with Crippen molar-refractivity contribution in [1.29, 1.82) is 0 Å². The van der Waals surface area contributed by atoms with Gasteiger partial charge in [0.1, 0.15) is 0 Å². The van der Waals surface area contributed by atoms with E-state index in [4.69, 9.17) is 5.73 Å². The standard InChI is InChI=1S/C20H31N3/c1-6-19(2,3)23-20(4,5)13-14-22-18(21)12-11-17-15-9-7-8-10-16(15)17/h7-12,22-23H,6,13-14,21H2,1-5H3/b18-12+. The Balaban J connectivity index is 1.78. The van der Waals surface area contributed by atoms with Crippen LogP contribution in [0, 0.1) is 0 Å². The molecule has 0 amide bonds. The van der Waals surface area contributed by atoms with Gasteiger partial charge in [0.2, 0.25) is 0 Å². The minimum absolute atomic E-state index is 0.0813. The molecule has 1 aromatic rings. The molecule has 0 saturated carbocycles. The normalized spacial score (nSPS) is 14.5. The van der Waals surface area contributed by atoms with Gasteiger partial charge in [-0.25, -0.2) is 0 Å². The van der Waals surface area contributed by atoms with E-state index in [0.717, 1.165) is 25.2 Å². The van der Waals surface area contributed by atoms with Crippen molar-refractivity contribution < 1.29 is 0 Å². The summed E-state index contributed by atoms with van der Waals surface area (Å²) in [5.74, 6) is 0.723. The molecule has 4 N–H and O–H groups in total. The summed E-state index contributed by atoms with van der Waals surface area (Å²) in [7, 11) is 0. The van der Waals surface area contributed by atoms with Crippen LogP contribution >= 0.6 is 0 Å². The van der Waals surface area contributed by atoms with Crippen molar-refractivity contribution in [3.05, 3.63) is 53.4 Å². The van der Waals surface area contributed by atoms with E-state index in [1.807, 2.05) is 6.08 Å². The fourth-order valence-electron chi connectivity index (χ4n) is 2.89. The van der Waals surface area contributed by atoms with Crippen LogP contribution in [0.15, 0.2) is 42.2 Å². The predicted octanol–water partition coefficient (Wildman–Crippen LogP) is 3.77. The molecule has 0 aromatic heterocycles. The molecular formula is C20H31N3. The van der Waals surface area contributed by atoms with Crippen molar-refractivity contribution in [2.45, 2.75) is 58.5 Å². The third-order valence-corrected chi connectivity index (χ3v) is 4.51. The Labute approximate surface area is 141 Å². The first-order valence-electron chi connectivity index (χ1n) is 8.54. The Morgan fingerprint density at radius 1 is 1.09 bits per heavy atom. The van der Waals surface area contributed by atoms with E-state index in [9.17, 15) is 0 Å². The van der Waals surface area contributed by atoms with Crippen molar-refractivity contribution in [2.24, 2.45) is 5.73 Å². The zero-order chi connectivity index (χ0) is 17.1. The molecule has 3 nitrogen and oxygen atoms in total. The average Bonchev–Trinajstić information content (AvgIpc) is 3.17. The minimum Gasteiger partial charge on any atom is -0.386 e. The van der Waals surface area contributed by atoms with E-state index in [1.165, 1.54) is 16.7 Å². The molecule has 0 spiro atoms. The number of nitrogens with one attached hydrogen (secondary N) is 2. The Morgan fingerprint density at radius 2 is 1.70 bits per heavy atom. The number of fused-ring (bicyclic) bond motifs is 1. The average molecular weight is 313 g/mol. The van der Waals surface area contributed by atoms with Gasteiger partial charge in [-0.05, 0) is 63.3 Å². The monoisotopic (exact) mass is 313 g/mol. The summed E-state index contributed by atoms with van der Waals surface area (Å²) >= 11 is 0. The van der Waals surface area contributed by atoms with E-state index in [0.29, 0.717) is 0 Å². The van der Waals surface area contributed by atoms with Gasteiger partial charge in [-0.15, -0.1) is 0 Å². The lowest BCUT2D eigenvalue weighted by Gasteiger charge is -2.37. The molecule has 0 radical (unpaired) electrons. The summed E-state index contributed by atoms with van der Waals surface area (Å²) in [4.78, 5) is 0. The molecule has 0 fully saturated rings. The second kappa shape index (κ2) is 6.79. The Kier molecular flexibility index (Phi) is 5.20. The van der Waals surface area contributed by atoms with Gasteiger partial charge in [0.05, 0.1) is 5.82 Å². The lowest BCUT2D eigenvalue weighted by Crippen LogP contribution is -2.52. The molecule has 126 valence electrons. The molecular weight excluding hydrogens is 282 g/mol. The van der Waals surface area contributed by atoms with E-state index in [2.05, 4.69) is 75.6 Å². The van der Waals surface area contributed by atoms with E-state index in [-0.39, 0.29) is 11.1 Å². The first kappa shape index (κ1) is 17.6. The van der Waals surface area contributed by atoms with Crippen LogP contribution in [0.25, 0.3) is 5.57 Å². The van der Waals surface area contributed by atoms with Gasteiger partial charge in [-0.3, -0.25) is 0 Å². The van der Waals surface area contributed by atoms with Crippen LogP contribution in [-0.2, 0) is 0 Å². The molecule has 0 bridgehead atoms. The topological polar surface area (TPSA) is 50.1 Å². The fourth-order valence-corrected chi connectivity index (χ4v) is 2.89. The SMILES string of the molecule is CCC(C)(C)NC(C)(C)CCN/C(N)=C/C=C1c2ccccc21. The van der Waals surface area contributed by atoms with Crippen LogP contribution in [0.4, 0.5) is 0 Å².